The minimum atomic E-state index is 0. The first-order chi connectivity index (χ1) is 5.66. The molecule has 0 spiro atoms. The molecule has 0 saturated heterocycles. The van der Waals surface area contributed by atoms with Gasteiger partial charge in [-0.15, -0.1) is 0 Å². The van der Waals surface area contributed by atoms with Gasteiger partial charge in [0.25, 0.3) is 0 Å². The molecule has 0 aliphatic carbocycles. The maximum atomic E-state index is 8.24. The van der Waals surface area contributed by atoms with Crippen LogP contribution in [-0.2, 0) is 20.1 Å². The Bertz CT molecular complexity index is 163. The zero-order chi connectivity index (χ0) is 10.8. The van der Waals surface area contributed by atoms with Gasteiger partial charge in [-0.05, 0) is 0 Å². The van der Waals surface area contributed by atoms with Gasteiger partial charge in [-0.25, -0.2) is 21.0 Å². The summed E-state index contributed by atoms with van der Waals surface area (Å²) in [4.78, 5) is 0. The predicted molar refractivity (Wildman–Crippen MR) is 22.5 cm³/mol. The molecule has 0 rings (SSSR count). The SMILES string of the molecule is N#C[O-].N#C[O-].N#C[O-].N#C[O-].[Ir+3].[K+]. The quantitative estimate of drug-likeness (QED) is 0.283. The van der Waals surface area contributed by atoms with E-state index < -0.39 is 0 Å². The third kappa shape index (κ3) is 4060. The van der Waals surface area contributed by atoms with E-state index in [4.69, 9.17) is 41.5 Å². The topological polar surface area (TPSA) is 187 Å². The van der Waals surface area contributed by atoms with Gasteiger partial charge in [-0.3, -0.25) is 0 Å². The van der Waals surface area contributed by atoms with E-state index in [1.807, 2.05) is 0 Å². The molecule has 0 aliphatic heterocycles. The van der Waals surface area contributed by atoms with Crippen molar-refractivity contribution < 1.29 is 91.9 Å². The predicted octanol–water partition coefficient (Wildman–Crippen LogP) is -7.69. The molecule has 0 aliphatic rings. The molecular formula is C4IrKN4O4. The number of hydrogen-bond acceptors (Lipinski definition) is 8. The van der Waals surface area contributed by atoms with Gasteiger partial charge in [-0.2, -0.15) is 0 Å². The van der Waals surface area contributed by atoms with Crippen molar-refractivity contribution in [2.24, 2.45) is 0 Å². The third-order valence-electron chi connectivity index (χ3n) is 0. The second-order valence-corrected chi connectivity index (χ2v) is 0.365. The molecule has 0 unspecified atom stereocenters. The molecule has 70 valence electrons. The van der Waals surface area contributed by atoms with Crippen LogP contribution in [-0.4, -0.2) is 0 Å². The fourth-order valence-electron chi connectivity index (χ4n) is 0. The van der Waals surface area contributed by atoms with Crippen molar-refractivity contribution in [1.29, 1.82) is 21.0 Å². The minimum Gasteiger partial charge on any atom is -0.812 e. The van der Waals surface area contributed by atoms with Crippen LogP contribution in [0, 0.1) is 46.1 Å². The molecule has 0 amide bonds. The fourth-order valence-corrected chi connectivity index (χ4v) is 0. The van der Waals surface area contributed by atoms with Crippen molar-refractivity contribution in [2.45, 2.75) is 0 Å². The number of rotatable bonds is 0. The summed E-state index contributed by atoms with van der Waals surface area (Å²) in [7, 11) is 0. The van der Waals surface area contributed by atoms with E-state index >= 15 is 0 Å². The molecule has 0 aromatic heterocycles. The van der Waals surface area contributed by atoms with Crippen LogP contribution in [0.3, 0.4) is 0 Å². The molecule has 8 nitrogen and oxygen atoms in total. The summed E-state index contributed by atoms with van der Waals surface area (Å²) >= 11 is 0. The molecule has 0 saturated carbocycles. The van der Waals surface area contributed by atoms with Gasteiger partial charge < -0.3 is 20.4 Å². The van der Waals surface area contributed by atoms with Crippen molar-refractivity contribution in [1.82, 2.24) is 0 Å². The summed E-state index contributed by atoms with van der Waals surface area (Å²) in [6.45, 7) is 0. The monoisotopic (exact) mass is 400 g/mol. The second kappa shape index (κ2) is 137. The van der Waals surface area contributed by atoms with Crippen LogP contribution >= 0.6 is 0 Å². The van der Waals surface area contributed by atoms with Crippen molar-refractivity contribution in [3.8, 4) is 25.0 Å². The maximum absolute atomic E-state index is 8.24. The number of hydrogen-bond donors (Lipinski definition) is 0. The largest absolute Gasteiger partial charge is 3.00 e. The Kier molecular flexibility index (Phi) is 368. The number of nitriles is 4. The standard InChI is InChI=1S/4CHNO.Ir.K/c4*2-1-3;;/h4*3H;;/q;;;;+3;+1/p-4. The third-order valence-corrected chi connectivity index (χ3v) is 0. The van der Waals surface area contributed by atoms with Crippen LogP contribution in [0.2, 0.25) is 0 Å². The summed E-state index contributed by atoms with van der Waals surface area (Å²) in [5.41, 5.74) is 0. The van der Waals surface area contributed by atoms with Gasteiger partial charge in [0, 0.05) is 25.0 Å². The van der Waals surface area contributed by atoms with E-state index in [2.05, 4.69) is 0 Å². The van der Waals surface area contributed by atoms with E-state index in [9.17, 15) is 0 Å². The molecule has 0 bridgehead atoms. The average molecular weight is 399 g/mol. The van der Waals surface area contributed by atoms with E-state index in [0.717, 1.165) is 0 Å². The Morgan fingerprint density at radius 1 is 0.571 bits per heavy atom. The Hall–Kier alpha value is -0.554. The molecule has 10 heteroatoms. The first-order valence-corrected chi connectivity index (χ1v) is 1.71. The summed E-state index contributed by atoms with van der Waals surface area (Å²) in [6.07, 6.45) is 2.00. The van der Waals surface area contributed by atoms with E-state index in [1.165, 1.54) is 0 Å². The van der Waals surface area contributed by atoms with Gasteiger partial charge in [0.2, 0.25) is 0 Å². The molecule has 0 N–H and O–H groups in total. The van der Waals surface area contributed by atoms with Crippen molar-refractivity contribution in [3.05, 3.63) is 0 Å². The molecule has 14 heavy (non-hydrogen) atoms. The normalized spacial score (nSPS) is 2.00. The van der Waals surface area contributed by atoms with Gasteiger partial charge >= 0.3 is 71.5 Å². The molecule has 0 aromatic carbocycles. The van der Waals surface area contributed by atoms with Crippen LogP contribution in [0.1, 0.15) is 0 Å². The first-order valence-electron chi connectivity index (χ1n) is 1.71. The Labute approximate surface area is 136 Å². The molecule has 0 fully saturated rings. The molecule has 0 aromatic rings. The zero-order valence-corrected chi connectivity index (χ0v) is 12.3. The van der Waals surface area contributed by atoms with Gasteiger partial charge in [0.05, 0.1) is 0 Å². The number of nitrogens with zero attached hydrogens (tertiary/aromatic N) is 4. The molecule has 0 heterocycles. The second-order valence-electron chi connectivity index (χ2n) is 0.365. The Balaban J connectivity index is -0.0000000145. The van der Waals surface area contributed by atoms with Gasteiger partial charge in [-0.1, -0.05) is 0 Å². The zero-order valence-electron chi connectivity index (χ0n) is 6.76. The average Bonchev–Trinajstić information content (AvgIpc) is 1.92. The summed E-state index contributed by atoms with van der Waals surface area (Å²) in [6, 6.07) is 0. The molecule has 0 radical (unpaired) electrons. The Morgan fingerprint density at radius 3 is 0.571 bits per heavy atom. The van der Waals surface area contributed by atoms with Crippen molar-refractivity contribution in [3.63, 3.8) is 0 Å². The van der Waals surface area contributed by atoms with E-state index in [-0.39, 0.29) is 71.5 Å². The van der Waals surface area contributed by atoms with E-state index in [1.54, 1.807) is 0 Å². The molecular weight excluding hydrogens is 399 g/mol. The van der Waals surface area contributed by atoms with Crippen LogP contribution in [0.4, 0.5) is 0 Å². The van der Waals surface area contributed by atoms with Crippen LogP contribution < -0.4 is 71.8 Å². The first kappa shape index (κ1) is 37.6. The summed E-state index contributed by atoms with van der Waals surface area (Å²) < 4.78 is 0. The Morgan fingerprint density at radius 2 is 0.571 bits per heavy atom. The summed E-state index contributed by atoms with van der Waals surface area (Å²) in [5, 5.41) is 60.0. The maximum Gasteiger partial charge on any atom is 3.00 e. The summed E-state index contributed by atoms with van der Waals surface area (Å²) in [5.74, 6) is 0. The fraction of sp³-hybridized carbons (Fsp3) is 0. The van der Waals surface area contributed by atoms with Crippen molar-refractivity contribution >= 4 is 0 Å². The van der Waals surface area contributed by atoms with Crippen LogP contribution in [0.15, 0.2) is 0 Å². The molecule has 0 atom stereocenters. The minimum absolute atomic E-state index is 0. The van der Waals surface area contributed by atoms with Crippen LogP contribution in [0.5, 0.6) is 0 Å². The van der Waals surface area contributed by atoms with E-state index in [0.29, 0.717) is 25.0 Å². The van der Waals surface area contributed by atoms with Gasteiger partial charge in [0.1, 0.15) is 0 Å². The van der Waals surface area contributed by atoms with Crippen molar-refractivity contribution in [2.75, 3.05) is 0 Å². The van der Waals surface area contributed by atoms with Crippen LogP contribution in [0.25, 0.3) is 0 Å². The smallest absolute Gasteiger partial charge is 0.812 e. The van der Waals surface area contributed by atoms with Gasteiger partial charge in [0.15, 0.2) is 0 Å².